The Bertz CT molecular complexity index is 1270. The van der Waals surface area contributed by atoms with Gasteiger partial charge in [-0.15, -0.1) is 0 Å². The first-order valence-electron chi connectivity index (χ1n) is 11.6. The van der Waals surface area contributed by atoms with Crippen LogP contribution < -0.4 is 4.74 Å². The molecule has 3 aromatic rings. The van der Waals surface area contributed by atoms with E-state index in [2.05, 4.69) is 4.98 Å². The van der Waals surface area contributed by atoms with Crippen molar-refractivity contribution in [2.75, 3.05) is 13.2 Å². The van der Waals surface area contributed by atoms with Crippen molar-refractivity contribution in [3.63, 3.8) is 0 Å². The number of imidazole rings is 1. The summed E-state index contributed by atoms with van der Waals surface area (Å²) in [4.78, 5) is 42.2. The van der Waals surface area contributed by atoms with Gasteiger partial charge in [-0.25, -0.2) is 4.98 Å². The lowest BCUT2D eigenvalue weighted by atomic mass is 9.95. The number of aromatic nitrogens is 2. The molecule has 186 valence electrons. The van der Waals surface area contributed by atoms with E-state index in [4.69, 9.17) is 4.74 Å². The van der Waals surface area contributed by atoms with E-state index in [9.17, 15) is 24.8 Å². The fourth-order valence-corrected chi connectivity index (χ4v) is 4.16. The summed E-state index contributed by atoms with van der Waals surface area (Å²) in [5.41, 5.74) is 0.686. The molecule has 10 nitrogen and oxygen atoms in total. The lowest BCUT2D eigenvalue weighted by molar-refractivity contribution is -0.384. The lowest BCUT2D eigenvalue weighted by Gasteiger charge is -2.25. The van der Waals surface area contributed by atoms with Gasteiger partial charge in [0.05, 0.1) is 29.5 Å². The van der Waals surface area contributed by atoms with Crippen molar-refractivity contribution in [1.29, 1.82) is 0 Å². The molecule has 2 aromatic carbocycles. The zero-order valence-electron chi connectivity index (χ0n) is 19.7. The van der Waals surface area contributed by atoms with Crippen LogP contribution in [-0.4, -0.2) is 49.3 Å². The van der Waals surface area contributed by atoms with Crippen molar-refractivity contribution >= 4 is 23.1 Å². The highest BCUT2D eigenvalue weighted by Crippen LogP contribution is 2.40. The van der Waals surface area contributed by atoms with E-state index in [1.807, 2.05) is 11.5 Å². The number of Topliss-reactive ketones (excluding diaryl/α,β-unsaturated/α-hetero) is 1. The van der Waals surface area contributed by atoms with E-state index >= 15 is 0 Å². The van der Waals surface area contributed by atoms with E-state index in [0.717, 1.165) is 6.42 Å². The summed E-state index contributed by atoms with van der Waals surface area (Å²) in [6.07, 6.45) is 6.50. The van der Waals surface area contributed by atoms with Crippen LogP contribution in [0.15, 0.2) is 72.8 Å². The summed E-state index contributed by atoms with van der Waals surface area (Å²) in [5, 5.41) is 22.3. The molecular weight excluding hydrogens is 464 g/mol. The van der Waals surface area contributed by atoms with Crippen LogP contribution in [0.25, 0.3) is 5.76 Å². The van der Waals surface area contributed by atoms with Crippen molar-refractivity contribution in [2.24, 2.45) is 0 Å². The number of hydrogen-bond acceptors (Lipinski definition) is 7. The fourth-order valence-electron chi connectivity index (χ4n) is 4.16. The number of aryl methyl sites for hydroxylation is 1. The summed E-state index contributed by atoms with van der Waals surface area (Å²) in [7, 11) is 0. The number of carbonyl (C=O) groups excluding carboxylic acids is 2. The Balaban J connectivity index is 1.70. The van der Waals surface area contributed by atoms with Crippen LogP contribution in [0, 0.1) is 10.1 Å². The lowest BCUT2D eigenvalue weighted by Crippen LogP contribution is -2.31. The number of nitro benzene ring substituents is 1. The molecule has 1 fully saturated rings. The minimum absolute atomic E-state index is 0.0567. The third kappa shape index (κ3) is 5.12. The highest BCUT2D eigenvalue weighted by molar-refractivity contribution is 6.46. The number of benzene rings is 2. The molecule has 0 spiro atoms. The van der Waals surface area contributed by atoms with E-state index in [1.165, 1.54) is 29.2 Å². The minimum Gasteiger partial charge on any atom is -0.507 e. The minimum atomic E-state index is -0.885. The molecule has 1 aliphatic heterocycles. The number of amides is 1. The zero-order chi connectivity index (χ0) is 25.7. The maximum Gasteiger partial charge on any atom is 0.295 e. The molecule has 1 atom stereocenters. The number of likely N-dealkylation sites (tertiary alicyclic amines) is 1. The Kier molecular flexibility index (Phi) is 7.43. The monoisotopic (exact) mass is 490 g/mol. The van der Waals surface area contributed by atoms with Gasteiger partial charge >= 0.3 is 0 Å². The molecule has 1 aliphatic rings. The Morgan fingerprint density at radius 3 is 2.44 bits per heavy atom. The third-order valence-corrected chi connectivity index (χ3v) is 5.93. The number of carbonyl (C=O) groups is 2. The molecule has 2 heterocycles. The largest absolute Gasteiger partial charge is 0.507 e. The second kappa shape index (κ2) is 10.9. The number of hydrogen-bond donors (Lipinski definition) is 1. The van der Waals surface area contributed by atoms with Crippen molar-refractivity contribution in [2.45, 2.75) is 32.4 Å². The van der Waals surface area contributed by atoms with Crippen LogP contribution in [0.1, 0.15) is 36.9 Å². The molecule has 1 N–H and O–H groups in total. The summed E-state index contributed by atoms with van der Waals surface area (Å²) in [6, 6.07) is 11.4. The van der Waals surface area contributed by atoms with Gasteiger partial charge in [-0.3, -0.25) is 19.7 Å². The summed E-state index contributed by atoms with van der Waals surface area (Å²) in [6.45, 7) is 3.36. The van der Waals surface area contributed by atoms with Gasteiger partial charge in [0, 0.05) is 43.2 Å². The van der Waals surface area contributed by atoms with Gasteiger partial charge < -0.3 is 19.3 Å². The summed E-state index contributed by atoms with van der Waals surface area (Å²) in [5.74, 6) is -1.21. The number of nitro groups is 1. The van der Waals surface area contributed by atoms with Crippen LogP contribution in [0.5, 0.6) is 5.75 Å². The molecule has 1 unspecified atom stereocenters. The topological polar surface area (TPSA) is 128 Å². The molecule has 36 heavy (non-hydrogen) atoms. The Morgan fingerprint density at radius 1 is 1.11 bits per heavy atom. The van der Waals surface area contributed by atoms with E-state index < -0.39 is 22.7 Å². The van der Waals surface area contributed by atoms with Crippen LogP contribution in [-0.2, 0) is 16.1 Å². The molecule has 10 heteroatoms. The van der Waals surface area contributed by atoms with Crippen molar-refractivity contribution in [3.8, 4) is 5.75 Å². The Morgan fingerprint density at radius 2 is 1.83 bits per heavy atom. The summed E-state index contributed by atoms with van der Waals surface area (Å²) >= 11 is 0. The highest BCUT2D eigenvalue weighted by atomic mass is 16.6. The van der Waals surface area contributed by atoms with Crippen molar-refractivity contribution in [1.82, 2.24) is 14.5 Å². The van der Waals surface area contributed by atoms with Gasteiger partial charge in [-0.1, -0.05) is 6.92 Å². The van der Waals surface area contributed by atoms with Gasteiger partial charge in [0.25, 0.3) is 17.4 Å². The van der Waals surface area contributed by atoms with Gasteiger partial charge in [-0.05, 0) is 54.8 Å². The van der Waals surface area contributed by atoms with Gasteiger partial charge in [0.2, 0.25) is 0 Å². The first-order valence-corrected chi connectivity index (χ1v) is 11.6. The summed E-state index contributed by atoms with van der Waals surface area (Å²) < 4.78 is 7.44. The molecule has 1 aromatic heterocycles. The number of non-ortho nitro benzene ring substituents is 1. The van der Waals surface area contributed by atoms with Gasteiger partial charge in [-0.2, -0.15) is 0 Å². The fraction of sp³-hybridized carbons (Fsp3) is 0.269. The normalized spacial score (nSPS) is 16.9. The second-order valence-electron chi connectivity index (χ2n) is 8.37. The smallest absolute Gasteiger partial charge is 0.295 e. The van der Waals surface area contributed by atoms with E-state index in [-0.39, 0.29) is 23.6 Å². The zero-order valence-corrected chi connectivity index (χ0v) is 19.7. The Labute approximate surface area is 207 Å². The Hall–Kier alpha value is -4.47. The predicted octanol–water partition coefficient (Wildman–Crippen LogP) is 4.09. The van der Waals surface area contributed by atoms with E-state index in [1.54, 1.807) is 43.0 Å². The number of ketones is 1. The molecule has 0 saturated carbocycles. The average Bonchev–Trinajstić information content (AvgIpc) is 3.50. The molecule has 0 aliphatic carbocycles. The van der Waals surface area contributed by atoms with Crippen molar-refractivity contribution in [3.05, 3.63) is 94.1 Å². The molecule has 1 amide bonds. The second-order valence-corrected chi connectivity index (χ2v) is 8.37. The SMILES string of the molecule is CCCOc1ccc(/C(O)=C2/C(=O)C(=O)N(CCCn3ccnc3)C2c2ccc([N+](=O)[O-])cc2)cc1. The van der Waals surface area contributed by atoms with Crippen LogP contribution in [0.3, 0.4) is 0 Å². The molecule has 0 radical (unpaired) electrons. The molecule has 4 rings (SSSR count). The van der Waals surface area contributed by atoms with E-state index in [0.29, 0.717) is 36.4 Å². The maximum absolute atomic E-state index is 13.1. The number of aliphatic hydroxyl groups excluding tert-OH is 1. The number of nitrogens with zero attached hydrogens (tertiary/aromatic N) is 4. The average molecular weight is 491 g/mol. The van der Waals surface area contributed by atoms with Crippen LogP contribution in [0.4, 0.5) is 5.69 Å². The number of rotatable bonds is 10. The number of aliphatic hydroxyl groups is 1. The van der Waals surface area contributed by atoms with Crippen molar-refractivity contribution < 1.29 is 24.4 Å². The molecule has 1 saturated heterocycles. The number of ether oxygens (including phenoxy) is 1. The first-order chi connectivity index (χ1) is 17.4. The third-order valence-electron chi connectivity index (χ3n) is 5.93. The molecular formula is C26H26N4O6. The predicted molar refractivity (Wildman–Crippen MR) is 131 cm³/mol. The van der Waals surface area contributed by atoms with Crippen LogP contribution in [0.2, 0.25) is 0 Å². The first kappa shape index (κ1) is 24.6. The van der Waals surface area contributed by atoms with Gasteiger partial charge in [0.1, 0.15) is 11.5 Å². The maximum atomic E-state index is 13.1. The quantitative estimate of drug-likeness (QED) is 0.149. The standard InChI is InChI=1S/C26H26N4O6/c1-2-16-36-21-10-6-19(7-11-21)24(31)22-23(18-4-8-20(9-5-18)30(34)35)29(26(33)25(22)32)14-3-13-28-15-12-27-17-28/h4-12,15,17,23,31H,2-3,13-14,16H2,1H3/b24-22-. The van der Waals surface area contributed by atoms with Gasteiger partial charge in [0.15, 0.2) is 0 Å². The highest BCUT2D eigenvalue weighted by Gasteiger charge is 2.45. The molecule has 0 bridgehead atoms. The van der Waals surface area contributed by atoms with Crippen LogP contribution >= 0.6 is 0 Å².